The zero-order valence-electron chi connectivity index (χ0n) is 19.4. The first-order chi connectivity index (χ1) is 16.4. The van der Waals surface area contributed by atoms with E-state index in [0.717, 1.165) is 37.0 Å². The summed E-state index contributed by atoms with van der Waals surface area (Å²) in [7, 11) is 0. The molecule has 2 aliphatic rings. The lowest BCUT2D eigenvalue weighted by molar-refractivity contribution is 0.0169. The van der Waals surface area contributed by atoms with Crippen LogP contribution in [0.4, 0.5) is 5.69 Å². The number of carbonyl (C=O) groups excluding carboxylic acids is 2. The van der Waals surface area contributed by atoms with Gasteiger partial charge in [-0.25, -0.2) is 0 Å². The molecule has 34 heavy (non-hydrogen) atoms. The van der Waals surface area contributed by atoms with Gasteiger partial charge in [0.05, 0.1) is 6.10 Å². The third-order valence-corrected chi connectivity index (χ3v) is 6.62. The summed E-state index contributed by atoms with van der Waals surface area (Å²) < 4.78 is 5.70. The molecule has 2 aliphatic heterocycles. The van der Waals surface area contributed by atoms with E-state index < -0.39 is 0 Å². The molecule has 7 nitrogen and oxygen atoms in total. The van der Waals surface area contributed by atoms with Crippen molar-refractivity contribution in [3.63, 3.8) is 0 Å². The number of nitrogens with one attached hydrogen (secondary N) is 1. The van der Waals surface area contributed by atoms with Crippen LogP contribution in [0.15, 0.2) is 41.4 Å². The van der Waals surface area contributed by atoms with Crippen molar-refractivity contribution in [1.29, 1.82) is 0 Å². The number of halogens is 1. The molecule has 8 heteroatoms. The number of anilines is 1. The van der Waals surface area contributed by atoms with E-state index in [1.54, 1.807) is 36.5 Å². The molecule has 2 saturated heterocycles. The Labute approximate surface area is 205 Å². The number of likely N-dealkylation sites (tertiary alicyclic amines) is 1. The van der Waals surface area contributed by atoms with Gasteiger partial charge in [-0.15, -0.1) is 0 Å². The van der Waals surface area contributed by atoms with Gasteiger partial charge in [0, 0.05) is 72.3 Å². The highest BCUT2D eigenvalue weighted by atomic mass is 35.5. The van der Waals surface area contributed by atoms with Crippen LogP contribution in [0.3, 0.4) is 0 Å². The topological polar surface area (TPSA) is 97.0 Å². The van der Waals surface area contributed by atoms with Crippen LogP contribution in [-0.4, -0.2) is 61.8 Å². The number of aliphatic imine (C=N–C) groups is 1. The molecule has 2 fully saturated rings. The van der Waals surface area contributed by atoms with Gasteiger partial charge >= 0.3 is 0 Å². The Bertz CT molecular complexity index is 1060. The fourth-order valence-electron chi connectivity index (χ4n) is 4.30. The molecule has 4 rings (SSSR count). The first-order valence-electron chi connectivity index (χ1n) is 11.8. The Kier molecular flexibility index (Phi) is 7.85. The molecule has 2 aromatic carbocycles. The molecule has 0 aliphatic carbocycles. The summed E-state index contributed by atoms with van der Waals surface area (Å²) >= 11 is 5.89. The van der Waals surface area contributed by atoms with Gasteiger partial charge in [0.25, 0.3) is 11.8 Å². The number of amides is 2. The van der Waals surface area contributed by atoms with Crippen molar-refractivity contribution in [3.05, 3.63) is 63.7 Å². The molecule has 3 N–H and O–H groups in total. The molecule has 1 atom stereocenters. The lowest BCUT2D eigenvalue weighted by Crippen LogP contribution is -2.51. The van der Waals surface area contributed by atoms with Crippen LogP contribution < -0.4 is 11.1 Å². The first-order valence-corrected chi connectivity index (χ1v) is 12.1. The Morgan fingerprint density at radius 2 is 2.00 bits per heavy atom. The number of benzene rings is 2. The van der Waals surface area contributed by atoms with Crippen LogP contribution in [0.1, 0.15) is 51.1 Å². The molecular formula is C26H31ClN4O3. The number of hydrogen-bond donors (Lipinski definition) is 2. The summed E-state index contributed by atoms with van der Waals surface area (Å²) in [6, 6.07) is 10.5. The average molecular weight is 483 g/mol. The molecule has 0 aromatic heterocycles. The normalized spacial score (nSPS) is 18.6. The van der Waals surface area contributed by atoms with Crippen molar-refractivity contribution in [2.45, 2.75) is 32.3 Å². The van der Waals surface area contributed by atoms with E-state index in [0.29, 0.717) is 53.9 Å². The molecule has 2 aromatic rings. The summed E-state index contributed by atoms with van der Waals surface area (Å²) in [5.74, 6) is 0.183. The number of nitrogen functional groups attached to an aromatic ring is 1. The van der Waals surface area contributed by atoms with Crippen LogP contribution in [0, 0.1) is 12.8 Å². The molecule has 0 saturated carbocycles. The zero-order chi connectivity index (χ0) is 24.1. The molecule has 1 unspecified atom stereocenters. The van der Waals surface area contributed by atoms with Gasteiger partial charge in [0.1, 0.15) is 0 Å². The summed E-state index contributed by atoms with van der Waals surface area (Å²) in [5, 5.41) is 3.60. The minimum Gasteiger partial charge on any atom is -0.398 e. The Morgan fingerprint density at radius 1 is 1.24 bits per heavy atom. The quantitative estimate of drug-likeness (QED) is 0.464. The molecule has 0 bridgehead atoms. The smallest absolute Gasteiger partial charge is 0.253 e. The van der Waals surface area contributed by atoms with E-state index in [1.165, 1.54) is 0 Å². The largest absolute Gasteiger partial charge is 0.398 e. The molecule has 180 valence electrons. The van der Waals surface area contributed by atoms with Gasteiger partial charge in [-0.1, -0.05) is 11.6 Å². The maximum absolute atomic E-state index is 12.7. The predicted octanol–water partition coefficient (Wildman–Crippen LogP) is 3.72. The van der Waals surface area contributed by atoms with E-state index in [1.807, 2.05) is 17.9 Å². The van der Waals surface area contributed by atoms with E-state index in [-0.39, 0.29) is 17.9 Å². The summed E-state index contributed by atoms with van der Waals surface area (Å²) in [5.41, 5.74) is 9.54. The van der Waals surface area contributed by atoms with Crippen LogP contribution in [-0.2, 0) is 4.74 Å². The fourth-order valence-corrected chi connectivity index (χ4v) is 4.43. The number of rotatable bonds is 7. The van der Waals surface area contributed by atoms with Gasteiger partial charge in [0.15, 0.2) is 0 Å². The van der Waals surface area contributed by atoms with Gasteiger partial charge in [-0.05, 0) is 68.1 Å². The van der Waals surface area contributed by atoms with Gasteiger partial charge in [-0.2, -0.15) is 0 Å². The number of carbonyl (C=O) groups is 2. The summed E-state index contributed by atoms with van der Waals surface area (Å²) in [4.78, 5) is 31.6. The fraction of sp³-hybridized carbons (Fsp3) is 0.423. The highest BCUT2D eigenvalue weighted by Gasteiger charge is 2.30. The monoisotopic (exact) mass is 482 g/mol. The van der Waals surface area contributed by atoms with Crippen molar-refractivity contribution < 1.29 is 14.3 Å². The maximum atomic E-state index is 12.7. The SMILES string of the molecule is Cc1cc(N)c(C=NCC2CN(C(=O)c3ccc(Cl)cc3)C2)cc1C(=O)NCC1CCCCO1. The molecular weight excluding hydrogens is 452 g/mol. The third kappa shape index (κ3) is 5.96. The zero-order valence-corrected chi connectivity index (χ0v) is 20.2. The van der Waals surface area contributed by atoms with Gasteiger partial charge < -0.3 is 20.7 Å². The summed E-state index contributed by atoms with van der Waals surface area (Å²) in [6.07, 6.45) is 5.00. The molecule has 2 heterocycles. The van der Waals surface area contributed by atoms with Gasteiger partial charge in [-0.3, -0.25) is 14.6 Å². The van der Waals surface area contributed by atoms with Gasteiger partial charge in [0.2, 0.25) is 0 Å². The van der Waals surface area contributed by atoms with E-state index >= 15 is 0 Å². The highest BCUT2D eigenvalue weighted by Crippen LogP contribution is 2.21. The van der Waals surface area contributed by atoms with E-state index in [2.05, 4.69) is 10.3 Å². The average Bonchev–Trinajstić information content (AvgIpc) is 2.81. The van der Waals surface area contributed by atoms with Crippen molar-refractivity contribution in [1.82, 2.24) is 10.2 Å². The highest BCUT2D eigenvalue weighted by molar-refractivity contribution is 6.30. The van der Waals surface area contributed by atoms with Crippen molar-refractivity contribution >= 4 is 35.3 Å². The Morgan fingerprint density at radius 3 is 2.71 bits per heavy atom. The number of nitrogens with zero attached hydrogens (tertiary/aromatic N) is 2. The van der Waals surface area contributed by atoms with Crippen LogP contribution >= 0.6 is 11.6 Å². The van der Waals surface area contributed by atoms with Crippen LogP contribution in [0.25, 0.3) is 0 Å². The Balaban J connectivity index is 1.29. The Hall–Kier alpha value is -2.90. The van der Waals surface area contributed by atoms with Crippen molar-refractivity contribution in [2.24, 2.45) is 10.9 Å². The lowest BCUT2D eigenvalue weighted by Gasteiger charge is -2.38. The van der Waals surface area contributed by atoms with E-state index in [4.69, 9.17) is 22.1 Å². The maximum Gasteiger partial charge on any atom is 0.253 e. The number of nitrogens with two attached hydrogens (primary N) is 1. The predicted molar refractivity (Wildman–Crippen MR) is 135 cm³/mol. The minimum atomic E-state index is -0.128. The first kappa shape index (κ1) is 24.2. The van der Waals surface area contributed by atoms with Crippen molar-refractivity contribution in [3.8, 4) is 0 Å². The number of ether oxygens (including phenoxy) is 1. The standard InChI is InChI=1S/C26H31ClN4O3/c1-17-10-24(28)20(11-23(17)25(32)30-14-22-4-2-3-9-34-22)13-29-12-18-15-31(16-18)26(33)19-5-7-21(27)8-6-19/h5-8,10-11,13,18,22H,2-4,9,12,14-16,28H2,1H3,(H,30,32). The molecule has 2 amide bonds. The van der Waals surface area contributed by atoms with Crippen LogP contribution in [0.2, 0.25) is 5.02 Å². The second kappa shape index (κ2) is 11.0. The third-order valence-electron chi connectivity index (χ3n) is 6.37. The summed E-state index contributed by atoms with van der Waals surface area (Å²) in [6.45, 7) is 5.08. The molecule has 0 spiro atoms. The van der Waals surface area contributed by atoms with Crippen LogP contribution in [0.5, 0.6) is 0 Å². The minimum absolute atomic E-state index is 0.00829. The second-order valence-corrected chi connectivity index (χ2v) is 9.51. The number of hydrogen-bond acceptors (Lipinski definition) is 5. The lowest BCUT2D eigenvalue weighted by atomic mass is 9.99. The number of aryl methyl sites for hydroxylation is 1. The second-order valence-electron chi connectivity index (χ2n) is 9.07. The molecule has 0 radical (unpaired) electrons. The van der Waals surface area contributed by atoms with E-state index in [9.17, 15) is 9.59 Å². The van der Waals surface area contributed by atoms with Crippen molar-refractivity contribution in [2.75, 3.05) is 38.5 Å².